The zero-order valence-electron chi connectivity index (χ0n) is 14.5. The number of aryl methyl sites for hydroxylation is 1. The number of nitrogens with one attached hydrogen (secondary N) is 1. The van der Waals surface area contributed by atoms with Crippen molar-refractivity contribution >= 4 is 0 Å². The minimum atomic E-state index is 0.362. The van der Waals surface area contributed by atoms with Crippen LogP contribution >= 0.6 is 0 Å². The molecule has 0 amide bonds. The van der Waals surface area contributed by atoms with Gasteiger partial charge < -0.3 is 5.32 Å². The van der Waals surface area contributed by atoms with Crippen molar-refractivity contribution in [3.05, 3.63) is 77.9 Å². The number of aromatic nitrogens is 3. The van der Waals surface area contributed by atoms with Gasteiger partial charge in [-0.1, -0.05) is 17.7 Å². The first kappa shape index (κ1) is 16.0. The molecule has 0 spiro atoms. The molecule has 4 rings (SSSR count). The highest BCUT2D eigenvalue weighted by molar-refractivity contribution is 5.33. The largest absolute Gasteiger partial charge is 0.314 e. The molecule has 1 saturated heterocycles. The molecule has 25 heavy (non-hydrogen) atoms. The summed E-state index contributed by atoms with van der Waals surface area (Å²) < 4.78 is 1.96. The zero-order valence-corrected chi connectivity index (χ0v) is 14.5. The average molecular weight is 333 g/mol. The van der Waals surface area contributed by atoms with Crippen LogP contribution in [0.5, 0.6) is 0 Å². The third-order valence-electron chi connectivity index (χ3n) is 4.75. The Morgan fingerprint density at radius 2 is 1.88 bits per heavy atom. The van der Waals surface area contributed by atoms with Gasteiger partial charge in [-0.05, 0) is 42.8 Å². The van der Waals surface area contributed by atoms with Gasteiger partial charge in [0.2, 0.25) is 0 Å². The quantitative estimate of drug-likeness (QED) is 0.797. The molecule has 3 aromatic rings. The monoisotopic (exact) mass is 333 g/mol. The van der Waals surface area contributed by atoms with Crippen molar-refractivity contribution in [2.75, 3.05) is 19.6 Å². The molecular weight excluding hydrogens is 310 g/mol. The van der Waals surface area contributed by atoms with Crippen molar-refractivity contribution in [2.45, 2.75) is 19.5 Å². The molecule has 5 nitrogen and oxygen atoms in total. The molecule has 1 fully saturated rings. The van der Waals surface area contributed by atoms with E-state index < -0.39 is 0 Å². The Morgan fingerprint density at radius 3 is 2.68 bits per heavy atom. The first-order valence-corrected chi connectivity index (χ1v) is 8.76. The number of benzene rings is 1. The number of nitrogens with zero attached hydrogens (tertiary/aromatic N) is 4. The second-order valence-corrected chi connectivity index (χ2v) is 6.56. The van der Waals surface area contributed by atoms with Crippen LogP contribution in [0.4, 0.5) is 0 Å². The first-order valence-electron chi connectivity index (χ1n) is 8.76. The minimum absolute atomic E-state index is 0.362. The lowest BCUT2D eigenvalue weighted by molar-refractivity contribution is 0.151. The molecule has 1 aliphatic heterocycles. The van der Waals surface area contributed by atoms with Crippen LogP contribution < -0.4 is 5.32 Å². The van der Waals surface area contributed by atoms with Gasteiger partial charge in [-0.3, -0.25) is 9.88 Å². The van der Waals surface area contributed by atoms with Crippen LogP contribution in [0.25, 0.3) is 5.69 Å². The molecule has 1 unspecified atom stereocenters. The fourth-order valence-electron chi connectivity index (χ4n) is 3.35. The van der Waals surface area contributed by atoms with Gasteiger partial charge in [0, 0.05) is 50.8 Å². The molecule has 3 heterocycles. The Balaban J connectivity index is 1.51. The zero-order chi connectivity index (χ0) is 17.1. The number of hydrogen-bond acceptors (Lipinski definition) is 4. The second kappa shape index (κ2) is 7.17. The number of rotatable bonds is 4. The van der Waals surface area contributed by atoms with E-state index >= 15 is 0 Å². The molecule has 2 aromatic heterocycles. The predicted octanol–water partition coefficient (Wildman–Crippen LogP) is 2.72. The normalized spacial score (nSPS) is 18.4. The summed E-state index contributed by atoms with van der Waals surface area (Å²) in [7, 11) is 0. The van der Waals surface area contributed by atoms with Crippen molar-refractivity contribution in [2.24, 2.45) is 0 Å². The molecule has 0 aliphatic carbocycles. The average Bonchev–Trinajstić information content (AvgIpc) is 3.12. The van der Waals surface area contributed by atoms with E-state index in [9.17, 15) is 0 Å². The van der Waals surface area contributed by atoms with Gasteiger partial charge in [0.1, 0.15) is 0 Å². The van der Waals surface area contributed by atoms with Gasteiger partial charge in [0.25, 0.3) is 0 Å². The van der Waals surface area contributed by atoms with Crippen molar-refractivity contribution in [1.82, 2.24) is 25.0 Å². The third kappa shape index (κ3) is 3.62. The lowest BCUT2D eigenvalue weighted by Crippen LogP contribution is -2.45. The molecule has 1 atom stereocenters. The van der Waals surface area contributed by atoms with Crippen LogP contribution in [-0.4, -0.2) is 39.3 Å². The number of hydrogen-bond donors (Lipinski definition) is 1. The van der Waals surface area contributed by atoms with Gasteiger partial charge >= 0.3 is 0 Å². The minimum Gasteiger partial charge on any atom is -0.314 e. The van der Waals surface area contributed by atoms with Crippen LogP contribution in [0.1, 0.15) is 22.9 Å². The van der Waals surface area contributed by atoms with Gasteiger partial charge in [-0.15, -0.1) is 0 Å². The van der Waals surface area contributed by atoms with Gasteiger partial charge in [0.05, 0.1) is 11.4 Å². The van der Waals surface area contributed by atoms with Gasteiger partial charge in [-0.25, -0.2) is 4.68 Å². The Kier molecular flexibility index (Phi) is 4.59. The van der Waals surface area contributed by atoms with Crippen LogP contribution in [0.3, 0.4) is 0 Å². The summed E-state index contributed by atoms with van der Waals surface area (Å²) in [5.74, 6) is 0. The molecule has 0 radical (unpaired) electrons. The van der Waals surface area contributed by atoms with Gasteiger partial charge in [-0.2, -0.15) is 5.10 Å². The summed E-state index contributed by atoms with van der Waals surface area (Å²) in [5.41, 5.74) is 4.77. The van der Waals surface area contributed by atoms with E-state index in [1.807, 2.05) is 23.3 Å². The number of pyridine rings is 1. The summed E-state index contributed by atoms with van der Waals surface area (Å²) in [6, 6.07) is 15.1. The smallest absolute Gasteiger partial charge is 0.0769 e. The Morgan fingerprint density at radius 1 is 1.08 bits per heavy atom. The summed E-state index contributed by atoms with van der Waals surface area (Å²) in [6.45, 7) is 5.95. The van der Waals surface area contributed by atoms with E-state index in [1.54, 1.807) is 0 Å². The van der Waals surface area contributed by atoms with Crippen LogP contribution in [0, 0.1) is 6.92 Å². The molecule has 1 N–H and O–H groups in total. The topological polar surface area (TPSA) is 46.0 Å². The summed E-state index contributed by atoms with van der Waals surface area (Å²) in [6.07, 6.45) is 5.78. The Hall–Kier alpha value is -2.50. The molecule has 1 aliphatic rings. The third-order valence-corrected chi connectivity index (χ3v) is 4.75. The highest BCUT2D eigenvalue weighted by Crippen LogP contribution is 2.23. The molecular formula is C20H23N5. The molecule has 0 bridgehead atoms. The maximum absolute atomic E-state index is 4.77. The lowest BCUT2D eigenvalue weighted by atomic mass is 10.0. The van der Waals surface area contributed by atoms with Crippen LogP contribution in [0.15, 0.2) is 61.1 Å². The van der Waals surface area contributed by atoms with E-state index in [0.717, 1.165) is 37.6 Å². The molecule has 1 aromatic carbocycles. The van der Waals surface area contributed by atoms with Crippen molar-refractivity contribution in [3.8, 4) is 5.69 Å². The second-order valence-electron chi connectivity index (χ2n) is 6.56. The standard InChI is InChI=1S/C20H23N5/c1-16-2-4-19(5-3-16)25-12-8-18(23-25)15-24-13-11-22-14-20(24)17-6-9-21-10-7-17/h2-10,12,20,22H,11,13-15H2,1H3. The number of piperazine rings is 1. The fourth-order valence-corrected chi connectivity index (χ4v) is 3.35. The predicted molar refractivity (Wildman–Crippen MR) is 98.6 cm³/mol. The first-order chi connectivity index (χ1) is 12.3. The summed E-state index contributed by atoms with van der Waals surface area (Å²) >= 11 is 0. The van der Waals surface area contributed by atoms with Crippen molar-refractivity contribution < 1.29 is 0 Å². The summed E-state index contributed by atoms with van der Waals surface area (Å²) in [5, 5.41) is 8.27. The van der Waals surface area contributed by atoms with Crippen LogP contribution in [-0.2, 0) is 6.54 Å². The maximum atomic E-state index is 4.77. The fraction of sp³-hybridized carbons (Fsp3) is 0.300. The highest BCUT2D eigenvalue weighted by Gasteiger charge is 2.24. The molecule has 5 heteroatoms. The van der Waals surface area contributed by atoms with E-state index in [-0.39, 0.29) is 0 Å². The van der Waals surface area contributed by atoms with Crippen molar-refractivity contribution in [3.63, 3.8) is 0 Å². The van der Waals surface area contributed by atoms with E-state index in [2.05, 4.69) is 64.6 Å². The van der Waals surface area contributed by atoms with E-state index in [4.69, 9.17) is 5.10 Å². The molecule has 0 saturated carbocycles. The maximum Gasteiger partial charge on any atom is 0.0769 e. The SMILES string of the molecule is Cc1ccc(-n2ccc(CN3CCNCC3c3ccncc3)n2)cc1. The highest BCUT2D eigenvalue weighted by atomic mass is 15.3. The van der Waals surface area contributed by atoms with E-state index in [1.165, 1.54) is 11.1 Å². The molecule has 128 valence electrons. The Bertz CT molecular complexity index is 810. The van der Waals surface area contributed by atoms with Crippen molar-refractivity contribution in [1.29, 1.82) is 0 Å². The Labute approximate surface area is 148 Å². The van der Waals surface area contributed by atoms with Gasteiger partial charge in [0.15, 0.2) is 0 Å². The lowest BCUT2D eigenvalue weighted by Gasteiger charge is -2.36. The van der Waals surface area contributed by atoms with Crippen LogP contribution in [0.2, 0.25) is 0 Å². The summed E-state index contributed by atoms with van der Waals surface area (Å²) in [4.78, 5) is 6.63. The van der Waals surface area contributed by atoms with E-state index in [0.29, 0.717) is 6.04 Å².